The van der Waals surface area contributed by atoms with Crippen LogP contribution in [0.15, 0.2) is 24.3 Å². The number of nitrogens with one attached hydrogen (secondary N) is 1. The normalized spacial score (nSPS) is 22.0. The molecule has 0 amide bonds. The van der Waals surface area contributed by atoms with Crippen molar-refractivity contribution in [3.8, 4) is 5.88 Å². The lowest BCUT2D eigenvalue weighted by molar-refractivity contribution is 0.0899. The van der Waals surface area contributed by atoms with Crippen molar-refractivity contribution < 1.29 is 19.0 Å². The van der Waals surface area contributed by atoms with Crippen LogP contribution in [0.5, 0.6) is 5.88 Å². The lowest BCUT2D eigenvalue weighted by Crippen LogP contribution is -2.36. The molecule has 162 valence electrons. The minimum atomic E-state index is -0.763. The Morgan fingerprint density at radius 2 is 1.83 bits per heavy atom. The lowest BCUT2D eigenvalue weighted by Gasteiger charge is -2.28. The van der Waals surface area contributed by atoms with E-state index in [0.717, 1.165) is 63.4 Å². The number of anilines is 3. The molecule has 0 atom stereocenters. The van der Waals surface area contributed by atoms with Crippen LogP contribution in [0.4, 0.5) is 21.7 Å². The number of hydrogen-bond donors (Lipinski definition) is 2. The van der Waals surface area contributed by atoms with E-state index in [9.17, 15) is 9.50 Å². The molecule has 7 nitrogen and oxygen atoms in total. The molecule has 0 bridgehead atoms. The van der Waals surface area contributed by atoms with Crippen molar-refractivity contribution in [2.45, 2.75) is 31.8 Å². The highest BCUT2D eigenvalue weighted by atomic mass is 35.5. The molecule has 1 aromatic heterocycles. The Hall–Kier alpha value is -2.16. The number of morpholine rings is 1. The molecule has 2 fully saturated rings. The van der Waals surface area contributed by atoms with Crippen molar-refractivity contribution in [1.82, 2.24) is 9.97 Å². The molecule has 1 aromatic carbocycles. The standard InChI is InChI=1S/C21H26ClFN4O3/c22-19-18(23)20(30-13-14-1-7-17(28)8-2-14)26-21(25-19)24-15-3-5-16(6-4-15)27-9-11-29-12-10-27/h3-6,14,17,28H,1-2,7-13H2,(H,24,25,26). The van der Waals surface area contributed by atoms with Crippen molar-refractivity contribution in [3.63, 3.8) is 0 Å². The third kappa shape index (κ3) is 5.30. The summed E-state index contributed by atoms with van der Waals surface area (Å²) in [6.07, 6.45) is 2.95. The largest absolute Gasteiger partial charge is 0.475 e. The molecule has 1 saturated carbocycles. The molecule has 1 saturated heterocycles. The highest BCUT2D eigenvalue weighted by Gasteiger charge is 2.22. The van der Waals surface area contributed by atoms with Crippen LogP contribution >= 0.6 is 11.6 Å². The summed E-state index contributed by atoms with van der Waals surface area (Å²) in [6, 6.07) is 7.85. The van der Waals surface area contributed by atoms with Gasteiger partial charge in [0, 0.05) is 24.5 Å². The molecule has 1 aliphatic carbocycles. The fourth-order valence-electron chi connectivity index (χ4n) is 3.77. The van der Waals surface area contributed by atoms with E-state index in [1.165, 1.54) is 0 Å². The maximum atomic E-state index is 14.3. The van der Waals surface area contributed by atoms with Gasteiger partial charge < -0.3 is 24.8 Å². The summed E-state index contributed by atoms with van der Waals surface area (Å²) in [5.41, 5.74) is 1.88. The Labute approximate surface area is 180 Å². The first-order valence-corrected chi connectivity index (χ1v) is 10.7. The van der Waals surface area contributed by atoms with Crippen LogP contribution in [0.1, 0.15) is 25.7 Å². The first-order chi connectivity index (χ1) is 14.6. The number of aliphatic hydroxyl groups excluding tert-OH is 1. The predicted octanol–water partition coefficient (Wildman–Crippen LogP) is 3.78. The zero-order valence-electron chi connectivity index (χ0n) is 16.7. The number of nitrogens with zero attached hydrogens (tertiary/aromatic N) is 3. The maximum absolute atomic E-state index is 14.3. The van der Waals surface area contributed by atoms with E-state index in [1.54, 1.807) is 0 Å². The molecule has 9 heteroatoms. The number of rotatable bonds is 6. The van der Waals surface area contributed by atoms with Crippen LogP contribution < -0.4 is 15.0 Å². The molecule has 30 heavy (non-hydrogen) atoms. The number of hydrogen-bond acceptors (Lipinski definition) is 7. The van der Waals surface area contributed by atoms with Crippen LogP contribution in [0.2, 0.25) is 5.15 Å². The smallest absolute Gasteiger partial charge is 0.257 e. The van der Waals surface area contributed by atoms with Crippen molar-refractivity contribution in [3.05, 3.63) is 35.2 Å². The minimum Gasteiger partial charge on any atom is -0.475 e. The van der Waals surface area contributed by atoms with Gasteiger partial charge >= 0.3 is 0 Å². The number of ether oxygens (including phenoxy) is 2. The van der Waals surface area contributed by atoms with Gasteiger partial charge in [-0.05, 0) is 55.9 Å². The predicted molar refractivity (Wildman–Crippen MR) is 113 cm³/mol. The van der Waals surface area contributed by atoms with Gasteiger partial charge in [-0.15, -0.1) is 0 Å². The van der Waals surface area contributed by atoms with E-state index in [1.807, 2.05) is 24.3 Å². The van der Waals surface area contributed by atoms with Crippen LogP contribution in [0, 0.1) is 11.7 Å². The second-order valence-corrected chi connectivity index (χ2v) is 8.07. The molecular weight excluding hydrogens is 411 g/mol. The number of aromatic nitrogens is 2. The second kappa shape index (κ2) is 9.76. The maximum Gasteiger partial charge on any atom is 0.257 e. The van der Waals surface area contributed by atoms with Crippen molar-refractivity contribution in [1.29, 1.82) is 0 Å². The summed E-state index contributed by atoms with van der Waals surface area (Å²) in [7, 11) is 0. The summed E-state index contributed by atoms with van der Waals surface area (Å²) in [5, 5.41) is 12.4. The Kier molecular flexibility index (Phi) is 6.86. The van der Waals surface area contributed by atoms with E-state index >= 15 is 0 Å². The summed E-state index contributed by atoms with van der Waals surface area (Å²) in [5.74, 6) is -0.477. The topological polar surface area (TPSA) is 79.7 Å². The SMILES string of the molecule is OC1CCC(COc2nc(Nc3ccc(N4CCOCC4)cc3)nc(Cl)c2F)CC1. The van der Waals surface area contributed by atoms with Crippen molar-refractivity contribution in [2.75, 3.05) is 43.1 Å². The quantitative estimate of drug-likeness (QED) is 0.667. The van der Waals surface area contributed by atoms with E-state index in [-0.39, 0.29) is 29.0 Å². The van der Waals surface area contributed by atoms with E-state index in [4.69, 9.17) is 21.1 Å². The summed E-state index contributed by atoms with van der Waals surface area (Å²) < 4.78 is 25.3. The van der Waals surface area contributed by atoms with Gasteiger partial charge in [0.05, 0.1) is 25.9 Å². The summed E-state index contributed by atoms with van der Waals surface area (Å²) >= 11 is 5.95. The minimum absolute atomic E-state index is 0.159. The van der Waals surface area contributed by atoms with E-state index in [0.29, 0.717) is 6.61 Å². The average Bonchev–Trinajstić information content (AvgIpc) is 2.77. The number of halogens is 2. The first kappa shape index (κ1) is 21.1. The molecule has 2 heterocycles. The molecule has 0 spiro atoms. The van der Waals surface area contributed by atoms with Crippen molar-refractivity contribution >= 4 is 28.9 Å². The molecule has 0 unspecified atom stereocenters. The van der Waals surface area contributed by atoms with Gasteiger partial charge in [0.2, 0.25) is 11.8 Å². The monoisotopic (exact) mass is 436 g/mol. The fraction of sp³-hybridized carbons (Fsp3) is 0.524. The van der Waals surface area contributed by atoms with Gasteiger partial charge in [-0.1, -0.05) is 11.6 Å². The molecule has 2 N–H and O–H groups in total. The summed E-state index contributed by atoms with van der Waals surface area (Å²) in [4.78, 5) is 10.4. The molecule has 2 aliphatic rings. The second-order valence-electron chi connectivity index (χ2n) is 7.71. The van der Waals surface area contributed by atoms with Crippen LogP contribution in [-0.4, -0.2) is 54.1 Å². The average molecular weight is 437 g/mol. The Morgan fingerprint density at radius 1 is 1.13 bits per heavy atom. The number of benzene rings is 1. The van der Waals surface area contributed by atoms with E-state index < -0.39 is 5.82 Å². The van der Waals surface area contributed by atoms with Gasteiger partial charge in [-0.25, -0.2) is 0 Å². The molecule has 1 aliphatic heterocycles. The van der Waals surface area contributed by atoms with Gasteiger partial charge in [0.25, 0.3) is 5.88 Å². The highest BCUT2D eigenvalue weighted by molar-refractivity contribution is 6.29. The highest BCUT2D eigenvalue weighted by Crippen LogP contribution is 2.28. The van der Waals surface area contributed by atoms with Gasteiger partial charge in [-0.2, -0.15) is 14.4 Å². The molecule has 4 rings (SSSR count). The zero-order chi connectivity index (χ0) is 20.9. The number of aliphatic hydroxyl groups is 1. The van der Waals surface area contributed by atoms with Gasteiger partial charge in [-0.3, -0.25) is 0 Å². The zero-order valence-corrected chi connectivity index (χ0v) is 17.4. The van der Waals surface area contributed by atoms with Crippen molar-refractivity contribution in [2.24, 2.45) is 5.92 Å². The van der Waals surface area contributed by atoms with E-state index in [2.05, 4.69) is 20.2 Å². The van der Waals surface area contributed by atoms with Crippen LogP contribution in [-0.2, 0) is 4.74 Å². The van der Waals surface area contributed by atoms with Gasteiger partial charge in [0.1, 0.15) is 0 Å². The summed E-state index contributed by atoms with van der Waals surface area (Å²) in [6.45, 7) is 3.52. The molecule has 2 aromatic rings. The van der Waals surface area contributed by atoms with Crippen LogP contribution in [0.25, 0.3) is 0 Å². The first-order valence-electron chi connectivity index (χ1n) is 10.3. The lowest BCUT2D eigenvalue weighted by atomic mass is 9.88. The van der Waals surface area contributed by atoms with Crippen LogP contribution in [0.3, 0.4) is 0 Å². The Morgan fingerprint density at radius 3 is 2.53 bits per heavy atom. The molecular formula is C21H26ClFN4O3. The fourth-order valence-corrected chi connectivity index (χ4v) is 3.93. The Bertz CT molecular complexity index is 841. The molecule has 0 radical (unpaired) electrons. The third-order valence-electron chi connectivity index (χ3n) is 5.55. The third-order valence-corrected chi connectivity index (χ3v) is 5.80. The van der Waals surface area contributed by atoms with Gasteiger partial charge in [0.15, 0.2) is 5.15 Å². The Balaban J connectivity index is 1.40.